The van der Waals surface area contributed by atoms with Gasteiger partial charge in [0.05, 0.1) is 9.83 Å². The van der Waals surface area contributed by atoms with Crippen molar-refractivity contribution in [3.05, 3.63) is 74.7 Å². The third-order valence-corrected chi connectivity index (χ3v) is 6.22. The van der Waals surface area contributed by atoms with E-state index in [9.17, 15) is 19.7 Å². The largest absolute Gasteiger partial charge is 0.326 e. The van der Waals surface area contributed by atoms with Crippen molar-refractivity contribution in [2.24, 2.45) is 0 Å². The number of thioether (sulfide) groups is 1. The highest BCUT2D eigenvalue weighted by Crippen LogP contribution is 2.33. The summed E-state index contributed by atoms with van der Waals surface area (Å²) in [5.74, 6) is -0.218. The molecule has 1 aliphatic heterocycles. The maximum absolute atomic E-state index is 12.7. The molecule has 2 amide bonds. The fourth-order valence-electron chi connectivity index (χ4n) is 3.25. The van der Waals surface area contributed by atoms with Gasteiger partial charge in [-0.15, -0.1) is 0 Å². The monoisotopic (exact) mass is 469 g/mol. The summed E-state index contributed by atoms with van der Waals surface area (Å²) in [6, 6.07) is 13.8. The van der Waals surface area contributed by atoms with Crippen LogP contribution in [0.25, 0.3) is 6.08 Å². The highest BCUT2D eigenvalue weighted by Gasteiger charge is 2.31. The number of hydrogen-bond acceptors (Lipinski definition) is 6. The lowest BCUT2D eigenvalue weighted by molar-refractivity contribution is -0.384. The van der Waals surface area contributed by atoms with Crippen LogP contribution < -0.4 is 5.32 Å². The molecule has 0 spiro atoms. The van der Waals surface area contributed by atoms with Crippen LogP contribution in [0.1, 0.15) is 36.8 Å². The molecule has 0 aliphatic carbocycles. The van der Waals surface area contributed by atoms with E-state index in [4.69, 9.17) is 12.2 Å². The zero-order chi connectivity index (χ0) is 23.1. The van der Waals surface area contributed by atoms with Crippen LogP contribution >= 0.6 is 24.0 Å². The van der Waals surface area contributed by atoms with E-state index < -0.39 is 4.92 Å². The minimum absolute atomic E-state index is 0.0268. The minimum atomic E-state index is -0.469. The lowest BCUT2D eigenvalue weighted by atomic mass is 10.1. The molecule has 0 unspecified atom stereocenters. The average molecular weight is 470 g/mol. The first-order valence-corrected chi connectivity index (χ1v) is 11.4. The Morgan fingerprint density at radius 1 is 1.19 bits per heavy atom. The summed E-state index contributed by atoms with van der Waals surface area (Å²) in [6.07, 6.45) is 4.29. The number of nitro groups is 1. The van der Waals surface area contributed by atoms with Crippen LogP contribution in [0.5, 0.6) is 0 Å². The van der Waals surface area contributed by atoms with Crippen molar-refractivity contribution in [2.75, 3.05) is 11.9 Å². The fourth-order valence-corrected chi connectivity index (χ4v) is 4.56. The number of rotatable bonds is 9. The number of benzene rings is 2. The number of anilines is 1. The third-order valence-electron chi connectivity index (χ3n) is 4.84. The number of amides is 2. The van der Waals surface area contributed by atoms with Crippen LogP contribution in [0.3, 0.4) is 0 Å². The number of carbonyl (C=O) groups excluding carboxylic acids is 2. The Hall–Kier alpha value is -3.04. The molecular formula is C23H23N3O4S2. The molecule has 32 heavy (non-hydrogen) atoms. The number of carbonyl (C=O) groups is 2. The number of hydrogen-bond donors (Lipinski definition) is 1. The second kappa shape index (κ2) is 11.0. The van der Waals surface area contributed by atoms with Crippen LogP contribution in [-0.2, 0) is 9.59 Å². The summed E-state index contributed by atoms with van der Waals surface area (Å²) < 4.78 is 0.476. The second-order valence-corrected chi connectivity index (χ2v) is 9.09. The predicted octanol–water partition coefficient (Wildman–Crippen LogP) is 5.30. The van der Waals surface area contributed by atoms with E-state index in [-0.39, 0.29) is 17.5 Å². The van der Waals surface area contributed by atoms with E-state index in [1.165, 1.54) is 23.9 Å². The molecule has 0 aromatic heterocycles. The van der Waals surface area contributed by atoms with Crippen molar-refractivity contribution in [1.82, 2.24) is 4.90 Å². The van der Waals surface area contributed by atoms with Crippen LogP contribution in [0, 0.1) is 17.0 Å². The topological polar surface area (TPSA) is 92.6 Å². The van der Waals surface area contributed by atoms with Crippen molar-refractivity contribution in [3.63, 3.8) is 0 Å². The summed E-state index contributed by atoms with van der Waals surface area (Å²) in [4.78, 5) is 37.2. The van der Waals surface area contributed by atoms with Crippen molar-refractivity contribution in [1.29, 1.82) is 0 Å². The minimum Gasteiger partial charge on any atom is -0.326 e. The van der Waals surface area contributed by atoms with Crippen LogP contribution in [0.4, 0.5) is 11.4 Å². The molecule has 7 nitrogen and oxygen atoms in total. The van der Waals surface area contributed by atoms with Gasteiger partial charge in [-0.1, -0.05) is 54.7 Å². The molecule has 9 heteroatoms. The van der Waals surface area contributed by atoms with Gasteiger partial charge in [-0.3, -0.25) is 24.6 Å². The van der Waals surface area contributed by atoms with Crippen LogP contribution in [-0.4, -0.2) is 32.5 Å². The molecule has 2 aromatic carbocycles. The van der Waals surface area contributed by atoms with E-state index in [1.807, 2.05) is 31.2 Å². The summed E-state index contributed by atoms with van der Waals surface area (Å²) in [5, 5.41) is 13.8. The van der Waals surface area contributed by atoms with Gasteiger partial charge in [0.25, 0.3) is 11.6 Å². The van der Waals surface area contributed by atoms with Gasteiger partial charge in [-0.2, -0.15) is 0 Å². The molecule has 166 valence electrons. The first-order chi connectivity index (χ1) is 15.3. The highest BCUT2D eigenvalue weighted by atomic mass is 32.2. The lowest BCUT2D eigenvalue weighted by Crippen LogP contribution is -2.29. The molecule has 3 rings (SSSR count). The van der Waals surface area contributed by atoms with Gasteiger partial charge in [0.15, 0.2) is 0 Å². The molecule has 1 saturated heterocycles. The third kappa shape index (κ3) is 6.48. The number of non-ortho nitro benzene ring substituents is 1. The van der Waals surface area contributed by atoms with E-state index in [1.54, 1.807) is 23.1 Å². The Balaban J connectivity index is 1.45. The number of unbranched alkanes of at least 4 members (excludes halogenated alkanes) is 2. The SMILES string of the molecule is Cc1cccc(NC(=O)CCCCCN2C(=O)/C(=C/c3cccc([N+](=O)[O-])c3)SC2=S)c1. The summed E-state index contributed by atoms with van der Waals surface area (Å²) in [7, 11) is 0. The first-order valence-electron chi connectivity index (χ1n) is 10.2. The highest BCUT2D eigenvalue weighted by molar-refractivity contribution is 8.26. The van der Waals surface area contributed by atoms with Gasteiger partial charge >= 0.3 is 0 Å². The van der Waals surface area contributed by atoms with E-state index in [0.29, 0.717) is 27.8 Å². The summed E-state index contributed by atoms with van der Waals surface area (Å²) in [5.41, 5.74) is 2.44. The van der Waals surface area contributed by atoms with Crippen LogP contribution in [0.15, 0.2) is 53.4 Å². The van der Waals surface area contributed by atoms with E-state index in [0.717, 1.165) is 30.5 Å². The van der Waals surface area contributed by atoms with Crippen molar-refractivity contribution < 1.29 is 14.5 Å². The molecule has 1 heterocycles. The zero-order valence-corrected chi connectivity index (χ0v) is 19.2. The average Bonchev–Trinajstić information content (AvgIpc) is 3.01. The number of nitro benzene ring substituents is 1. The van der Waals surface area contributed by atoms with Crippen molar-refractivity contribution in [3.8, 4) is 0 Å². The number of nitrogens with one attached hydrogen (secondary N) is 1. The number of aryl methyl sites for hydroxylation is 1. The van der Waals surface area contributed by atoms with Crippen molar-refractivity contribution >= 4 is 57.6 Å². The smallest absolute Gasteiger partial charge is 0.270 e. The second-order valence-electron chi connectivity index (χ2n) is 7.41. The van der Waals surface area contributed by atoms with Gasteiger partial charge in [-0.25, -0.2) is 0 Å². The molecule has 1 aliphatic rings. The summed E-state index contributed by atoms with van der Waals surface area (Å²) >= 11 is 6.53. The van der Waals surface area contributed by atoms with Crippen LogP contribution in [0.2, 0.25) is 0 Å². The molecule has 0 radical (unpaired) electrons. The fraction of sp³-hybridized carbons (Fsp3) is 0.261. The molecule has 1 N–H and O–H groups in total. The van der Waals surface area contributed by atoms with Gasteiger partial charge in [0.2, 0.25) is 5.91 Å². The normalized spacial score (nSPS) is 14.8. The Kier molecular flexibility index (Phi) is 8.13. The molecule has 1 fully saturated rings. The Bertz CT molecular complexity index is 1080. The summed E-state index contributed by atoms with van der Waals surface area (Å²) in [6.45, 7) is 2.46. The lowest BCUT2D eigenvalue weighted by Gasteiger charge is -2.14. The molecule has 0 saturated carbocycles. The van der Waals surface area contributed by atoms with Gasteiger partial charge in [0, 0.05) is 30.8 Å². The quantitative estimate of drug-likeness (QED) is 0.176. The predicted molar refractivity (Wildman–Crippen MR) is 131 cm³/mol. The van der Waals surface area contributed by atoms with E-state index in [2.05, 4.69) is 5.32 Å². The number of thiocarbonyl (C=S) groups is 1. The maximum Gasteiger partial charge on any atom is 0.270 e. The maximum atomic E-state index is 12.7. The Morgan fingerprint density at radius 2 is 1.97 bits per heavy atom. The Labute approximate surface area is 196 Å². The molecule has 2 aromatic rings. The number of nitrogens with zero attached hydrogens (tertiary/aromatic N) is 2. The van der Waals surface area contributed by atoms with Crippen molar-refractivity contribution in [2.45, 2.75) is 32.6 Å². The van der Waals surface area contributed by atoms with Gasteiger partial charge < -0.3 is 5.32 Å². The molecule has 0 bridgehead atoms. The van der Waals surface area contributed by atoms with E-state index >= 15 is 0 Å². The zero-order valence-electron chi connectivity index (χ0n) is 17.6. The standard InChI is InChI=1S/C23H23N3O4S2/c1-16-7-5-9-18(13-16)24-21(27)11-3-2-4-12-25-22(28)20(32-23(25)31)15-17-8-6-10-19(14-17)26(29)30/h5-10,13-15H,2-4,11-12H2,1H3,(H,24,27)/b20-15-. The first kappa shape index (κ1) is 23.6. The Morgan fingerprint density at radius 3 is 2.72 bits per heavy atom. The molecule has 0 atom stereocenters. The van der Waals surface area contributed by atoms with Gasteiger partial charge in [-0.05, 0) is 49.1 Å². The molecular weight excluding hydrogens is 446 g/mol. The van der Waals surface area contributed by atoms with Gasteiger partial charge in [0.1, 0.15) is 4.32 Å².